The van der Waals surface area contributed by atoms with E-state index in [9.17, 15) is 4.79 Å². The van der Waals surface area contributed by atoms with E-state index in [1.54, 1.807) is 11.1 Å². The molecule has 0 aliphatic heterocycles. The zero-order chi connectivity index (χ0) is 22.0. The normalized spacial score (nSPS) is 36.1. The molecule has 4 aliphatic rings. The number of allylic oxidation sites excluding steroid dienone is 2. The highest BCUT2D eigenvalue weighted by Gasteiger charge is 2.46. The Morgan fingerprint density at radius 1 is 1.03 bits per heavy atom. The average Bonchev–Trinajstić information content (AvgIpc) is 3.65. The molecule has 4 fully saturated rings. The summed E-state index contributed by atoms with van der Waals surface area (Å²) in [5.74, 6) is 3.07. The predicted octanol–water partition coefficient (Wildman–Crippen LogP) is 5.88. The second-order valence-electron chi connectivity index (χ2n) is 11.4. The standard InChI is InChI=1S/C29H42N2O/c30-20-22-10-13-26(14-11-22)31-28(32)15-12-24-19-29(25-6-2-1-3-7-25)16-4-5-23(18-29)27(24)17-21-8-9-21/h1-3,6-7,17,21-24,26H,4-5,8-16,18-20,30H2,(H,31,32)/b27-17+. The summed E-state index contributed by atoms with van der Waals surface area (Å²) in [7, 11) is 0. The van der Waals surface area contributed by atoms with Gasteiger partial charge in [0, 0.05) is 12.5 Å². The second kappa shape index (κ2) is 9.71. The fourth-order valence-electron chi connectivity index (χ4n) is 7.15. The number of hydrogen-bond acceptors (Lipinski definition) is 2. The molecule has 5 rings (SSSR count). The monoisotopic (exact) mass is 434 g/mol. The summed E-state index contributed by atoms with van der Waals surface area (Å²) in [6, 6.07) is 11.7. The van der Waals surface area contributed by atoms with Gasteiger partial charge in [0.25, 0.3) is 0 Å². The third-order valence-corrected chi connectivity index (χ3v) is 9.13. The highest BCUT2D eigenvalue weighted by molar-refractivity contribution is 5.76. The van der Waals surface area contributed by atoms with Gasteiger partial charge in [-0.3, -0.25) is 4.79 Å². The van der Waals surface area contributed by atoms with Crippen molar-refractivity contribution in [3.8, 4) is 0 Å². The van der Waals surface area contributed by atoms with E-state index in [-0.39, 0.29) is 5.91 Å². The molecule has 1 amide bonds. The van der Waals surface area contributed by atoms with Crippen LogP contribution in [0, 0.1) is 23.7 Å². The van der Waals surface area contributed by atoms with E-state index in [0.717, 1.165) is 37.6 Å². The van der Waals surface area contributed by atoms with Gasteiger partial charge in [-0.1, -0.05) is 48.4 Å². The third kappa shape index (κ3) is 4.98. The SMILES string of the molecule is NCC1CCC(NC(=O)CCC2CC3(c4ccccc4)CCCC(C3)/C2=C\C2CC2)CC1. The molecule has 0 saturated heterocycles. The van der Waals surface area contributed by atoms with Crippen molar-refractivity contribution in [3.63, 3.8) is 0 Å². The summed E-state index contributed by atoms with van der Waals surface area (Å²) in [5, 5.41) is 3.36. The molecule has 32 heavy (non-hydrogen) atoms. The Kier molecular flexibility index (Phi) is 6.74. The highest BCUT2D eigenvalue weighted by atomic mass is 16.1. The number of nitrogens with one attached hydrogen (secondary N) is 1. The van der Waals surface area contributed by atoms with Crippen molar-refractivity contribution in [2.45, 2.75) is 94.9 Å². The first-order valence-electron chi connectivity index (χ1n) is 13.4. The van der Waals surface area contributed by atoms with Crippen LogP contribution < -0.4 is 11.1 Å². The van der Waals surface area contributed by atoms with Crippen LogP contribution in [0.25, 0.3) is 0 Å². The van der Waals surface area contributed by atoms with Crippen LogP contribution in [0.2, 0.25) is 0 Å². The predicted molar refractivity (Wildman–Crippen MR) is 131 cm³/mol. The minimum absolute atomic E-state index is 0.275. The van der Waals surface area contributed by atoms with Crippen LogP contribution >= 0.6 is 0 Å². The highest BCUT2D eigenvalue weighted by Crippen LogP contribution is 2.56. The minimum Gasteiger partial charge on any atom is -0.353 e. The molecule has 3 N–H and O–H groups in total. The van der Waals surface area contributed by atoms with Gasteiger partial charge in [0.15, 0.2) is 0 Å². The molecular weight excluding hydrogens is 392 g/mol. The smallest absolute Gasteiger partial charge is 0.220 e. The molecule has 174 valence electrons. The maximum Gasteiger partial charge on any atom is 0.220 e. The minimum atomic E-state index is 0.275. The number of rotatable bonds is 7. The summed E-state index contributed by atoms with van der Waals surface area (Å²) in [5.41, 5.74) is 9.43. The van der Waals surface area contributed by atoms with Crippen molar-refractivity contribution in [1.82, 2.24) is 5.32 Å². The van der Waals surface area contributed by atoms with Crippen molar-refractivity contribution >= 4 is 5.91 Å². The maximum absolute atomic E-state index is 12.9. The molecule has 1 aromatic carbocycles. The Labute approximate surface area is 194 Å². The molecule has 4 saturated carbocycles. The van der Waals surface area contributed by atoms with Crippen molar-refractivity contribution in [1.29, 1.82) is 0 Å². The molecule has 1 aromatic rings. The topological polar surface area (TPSA) is 55.1 Å². The Morgan fingerprint density at radius 2 is 1.81 bits per heavy atom. The first-order chi connectivity index (χ1) is 15.6. The Hall–Kier alpha value is -1.61. The molecule has 0 aromatic heterocycles. The van der Waals surface area contributed by atoms with Crippen molar-refractivity contribution in [2.75, 3.05) is 6.54 Å². The number of hydrogen-bond donors (Lipinski definition) is 2. The summed E-state index contributed by atoms with van der Waals surface area (Å²) < 4.78 is 0. The van der Waals surface area contributed by atoms with Crippen molar-refractivity contribution < 1.29 is 4.79 Å². The van der Waals surface area contributed by atoms with Gasteiger partial charge < -0.3 is 11.1 Å². The van der Waals surface area contributed by atoms with Crippen LogP contribution in [0.3, 0.4) is 0 Å². The van der Waals surface area contributed by atoms with Gasteiger partial charge in [-0.2, -0.15) is 0 Å². The summed E-state index contributed by atoms with van der Waals surface area (Å²) in [4.78, 5) is 12.9. The molecule has 3 nitrogen and oxygen atoms in total. The van der Waals surface area contributed by atoms with Gasteiger partial charge in [-0.15, -0.1) is 0 Å². The molecule has 0 radical (unpaired) electrons. The van der Waals surface area contributed by atoms with Crippen LogP contribution in [-0.2, 0) is 10.2 Å². The fourth-order valence-corrected chi connectivity index (χ4v) is 7.15. The summed E-state index contributed by atoms with van der Waals surface area (Å²) >= 11 is 0. The number of fused-ring (bicyclic) bond motifs is 2. The van der Waals surface area contributed by atoms with Gasteiger partial charge in [-0.25, -0.2) is 0 Å². The number of benzene rings is 1. The number of carbonyl (C=O) groups is 1. The van der Waals surface area contributed by atoms with Crippen LogP contribution in [-0.4, -0.2) is 18.5 Å². The van der Waals surface area contributed by atoms with Crippen molar-refractivity contribution in [3.05, 3.63) is 47.5 Å². The number of amides is 1. The zero-order valence-electron chi connectivity index (χ0n) is 19.7. The first-order valence-corrected chi connectivity index (χ1v) is 13.4. The fraction of sp³-hybridized carbons (Fsp3) is 0.690. The molecule has 4 aliphatic carbocycles. The van der Waals surface area contributed by atoms with E-state index in [2.05, 4.69) is 41.7 Å². The lowest BCUT2D eigenvalue weighted by molar-refractivity contribution is -0.122. The lowest BCUT2D eigenvalue weighted by Gasteiger charge is -2.50. The Balaban J connectivity index is 1.26. The quantitative estimate of drug-likeness (QED) is 0.526. The van der Waals surface area contributed by atoms with Crippen LogP contribution in [0.4, 0.5) is 0 Å². The molecule has 2 bridgehead atoms. The van der Waals surface area contributed by atoms with E-state index in [0.29, 0.717) is 29.7 Å². The van der Waals surface area contributed by atoms with Crippen molar-refractivity contribution in [2.24, 2.45) is 29.4 Å². The largest absolute Gasteiger partial charge is 0.353 e. The van der Waals surface area contributed by atoms with Gasteiger partial charge in [0.2, 0.25) is 5.91 Å². The summed E-state index contributed by atoms with van der Waals surface area (Å²) in [6.45, 7) is 0.794. The molecule has 3 atom stereocenters. The van der Waals surface area contributed by atoms with Gasteiger partial charge >= 0.3 is 0 Å². The van der Waals surface area contributed by atoms with Gasteiger partial charge in [0.1, 0.15) is 0 Å². The van der Waals surface area contributed by atoms with E-state index < -0.39 is 0 Å². The van der Waals surface area contributed by atoms with E-state index >= 15 is 0 Å². The Bertz CT molecular complexity index is 806. The van der Waals surface area contributed by atoms with Crippen LogP contribution in [0.5, 0.6) is 0 Å². The Morgan fingerprint density at radius 3 is 2.53 bits per heavy atom. The first kappa shape index (κ1) is 22.2. The number of nitrogens with two attached hydrogens (primary N) is 1. The zero-order valence-corrected chi connectivity index (χ0v) is 19.7. The lowest BCUT2D eigenvalue weighted by Crippen LogP contribution is -2.42. The van der Waals surface area contributed by atoms with Gasteiger partial charge in [0.05, 0.1) is 0 Å². The van der Waals surface area contributed by atoms with Crippen LogP contribution in [0.15, 0.2) is 42.0 Å². The average molecular weight is 435 g/mol. The molecular formula is C29H42N2O. The third-order valence-electron chi connectivity index (χ3n) is 9.13. The van der Waals surface area contributed by atoms with E-state index in [4.69, 9.17) is 5.73 Å². The molecule has 0 heterocycles. The van der Waals surface area contributed by atoms with Crippen LogP contribution in [0.1, 0.15) is 89.0 Å². The lowest BCUT2D eigenvalue weighted by atomic mass is 9.54. The molecule has 3 heteroatoms. The molecule has 0 spiro atoms. The van der Waals surface area contributed by atoms with Gasteiger partial charge in [-0.05, 0) is 112 Å². The maximum atomic E-state index is 12.9. The summed E-state index contributed by atoms with van der Waals surface area (Å²) in [6.07, 6.45) is 18.2. The van der Waals surface area contributed by atoms with E-state index in [1.807, 2.05) is 0 Å². The molecule has 3 unspecified atom stereocenters. The van der Waals surface area contributed by atoms with E-state index in [1.165, 1.54) is 57.8 Å². The second-order valence-corrected chi connectivity index (χ2v) is 11.4. The number of carbonyl (C=O) groups excluding carboxylic acids is 1.